The lowest BCUT2D eigenvalue weighted by molar-refractivity contribution is 0.192. The molecule has 2 heterocycles. The Labute approximate surface area is 100.0 Å². The number of hydrogen-bond acceptors (Lipinski definition) is 5. The van der Waals surface area contributed by atoms with Crippen molar-refractivity contribution in [2.24, 2.45) is 7.05 Å². The predicted octanol–water partition coefficient (Wildman–Crippen LogP) is -0.622. The Morgan fingerprint density at radius 1 is 1.59 bits per heavy atom. The summed E-state index contributed by atoms with van der Waals surface area (Å²) >= 11 is 0. The highest BCUT2D eigenvalue weighted by molar-refractivity contribution is 7.89. The zero-order chi connectivity index (χ0) is 12.6. The van der Waals surface area contributed by atoms with E-state index < -0.39 is 10.0 Å². The fourth-order valence-corrected chi connectivity index (χ4v) is 3.43. The van der Waals surface area contributed by atoms with Crippen molar-refractivity contribution in [1.82, 2.24) is 14.5 Å². The van der Waals surface area contributed by atoms with Gasteiger partial charge in [0.15, 0.2) is 5.82 Å². The number of aromatic nitrogens is 2. The van der Waals surface area contributed by atoms with E-state index in [9.17, 15) is 8.42 Å². The van der Waals surface area contributed by atoms with E-state index in [4.69, 9.17) is 10.5 Å². The van der Waals surface area contributed by atoms with Crippen LogP contribution in [0.2, 0.25) is 0 Å². The third-order valence-corrected chi connectivity index (χ3v) is 4.51. The van der Waals surface area contributed by atoms with Gasteiger partial charge in [-0.25, -0.2) is 13.1 Å². The second-order valence-electron chi connectivity index (χ2n) is 4.11. The molecule has 2 rings (SSSR count). The number of rotatable bonds is 3. The molecular formula is C9H16N4O3S. The average Bonchev–Trinajstić information content (AvgIpc) is 2.76. The third-order valence-electron chi connectivity index (χ3n) is 2.82. The molecular weight excluding hydrogens is 244 g/mol. The van der Waals surface area contributed by atoms with Crippen LogP contribution < -0.4 is 10.5 Å². The fourth-order valence-electron chi connectivity index (χ4n) is 1.85. The Balaban J connectivity index is 2.30. The van der Waals surface area contributed by atoms with E-state index in [-0.39, 0.29) is 16.8 Å². The third kappa shape index (κ3) is 2.28. The van der Waals surface area contributed by atoms with E-state index >= 15 is 0 Å². The normalized spacial score (nSPS) is 20.9. The first kappa shape index (κ1) is 12.3. The fraction of sp³-hybridized carbons (Fsp3) is 0.667. The molecule has 1 aromatic rings. The van der Waals surface area contributed by atoms with Crippen LogP contribution in [0.1, 0.15) is 12.1 Å². The monoisotopic (exact) mass is 260 g/mol. The van der Waals surface area contributed by atoms with Crippen LogP contribution in [0.4, 0.5) is 5.82 Å². The first-order valence-corrected chi connectivity index (χ1v) is 6.79. The van der Waals surface area contributed by atoms with Gasteiger partial charge in [-0.2, -0.15) is 5.10 Å². The lowest BCUT2D eigenvalue weighted by Gasteiger charge is -2.11. The van der Waals surface area contributed by atoms with Crippen LogP contribution in [-0.2, 0) is 21.8 Å². The summed E-state index contributed by atoms with van der Waals surface area (Å²) in [5.74, 6) is 0.0245. The van der Waals surface area contributed by atoms with Crippen molar-refractivity contribution in [3.63, 3.8) is 0 Å². The molecule has 0 saturated carbocycles. The Bertz CT molecular complexity index is 517. The number of anilines is 1. The second-order valence-corrected chi connectivity index (χ2v) is 5.76. The predicted molar refractivity (Wildman–Crippen MR) is 61.9 cm³/mol. The summed E-state index contributed by atoms with van der Waals surface area (Å²) in [4.78, 5) is 0.0619. The average molecular weight is 260 g/mol. The van der Waals surface area contributed by atoms with Crippen molar-refractivity contribution < 1.29 is 13.2 Å². The number of nitrogens with one attached hydrogen (secondary N) is 1. The minimum absolute atomic E-state index is 0.0245. The van der Waals surface area contributed by atoms with Crippen molar-refractivity contribution >= 4 is 15.8 Å². The zero-order valence-corrected chi connectivity index (χ0v) is 10.6. The maximum Gasteiger partial charge on any atom is 0.246 e. The van der Waals surface area contributed by atoms with Gasteiger partial charge in [0.2, 0.25) is 10.0 Å². The van der Waals surface area contributed by atoms with Crippen LogP contribution in [0.15, 0.2) is 4.90 Å². The molecule has 1 saturated heterocycles. The van der Waals surface area contributed by atoms with E-state index in [0.717, 1.165) is 0 Å². The number of nitrogens with zero attached hydrogens (tertiary/aromatic N) is 2. The van der Waals surface area contributed by atoms with Gasteiger partial charge < -0.3 is 10.5 Å². The molecule has 1 atom stereocenters. The van der Waals surface area contributed by atoms with Crippen molar-refractivity contribution in [3.05, 3.63) is 5.69 Å². The van der Waals surface area contributed by atoms with Gasteiger partial charge in [0.1, 0.15) is 4.90 Å². The Hall–Kier alpha value is -1.12. The summed E-state index contributed by atoms with van der Waals surface area (Å²) in [6, 6.07) is -0.181. The zero-order valence-electron chi connectivity index (χ0n) is 9.80. The van der Waals surface area contributed by atoms with Crippen LogP contribution in [0.5, 0.6) is 0 Å². The topological polar surface area (TPSA) is 99.2 Å². The van der Waals surface area contributed by atoms with Gasteiger partial charge in [-0.15, -0.1) is 0 Å². The highest BCUT2D eigenvalue weighted by Crippen LogP contribution is 2.21. The maximum absolute atomic E-state index is 12.1. The molecule has 7 nitrogen and oxygen atoms in total. The second kappa shape index (κ2) is 4.28. The largest absolute Gasteiger partial charge is 0.381 e. The smallest absolute Gasteiger partial charge is 0.246 e. The molecule has 1 aromatic heterocycles. The molecule has 96 valence electrons. The van der Waals surface area contributed by atoms with Crippen LogP contribution in [0, 0.1) is 6.92 Å². The molecule has 0 bridgehead atoms. The van der Waals surface area contributed by atoms with E-state index in [1.165, 1.54) is 4.68 Å². The summed E-state index contributed by atoms with van der Waals surface area (Å²) in [6.07, 6.45) is 0.679. The SMILES string of the molecule is Cc1c(S(=O)(=O)NC2CCOC2)c(N)nn1C. The number of nitrogens with two attached hydrogens (primary N) is 1. The van der Waals surface area contributed by atoms with Crippen LogP contribution in [0.25, 0.3) is 0 Å². The van der Waals surface area contributed by atoms with E-state index in [1.807, 2.05) is 0 Å². The van der Waals surface area contributed by atoms with Gasteiger partial charge in [0.25, 0.3) is 0 Å². The number of aryl methyl sites for hydroxylation is 1. The summed E-state index contributed by atoms with van der Waals surface area (Å²) in [6.45, 7) is 2.65. The van der Waals surface area contributed by atoms with Crippen LogP contribution in [0.3, 0.4) is 0 Å². The molecule has 0 amide bonds. The Morgan fingerprint density at radius 2 is 2.29 bits per heavy atom. The number of sulfonamides is 1. The summed E-state index contributed by atoms with van der Waals surface area (Å²) in [5.41, 5.74) is 6.14. The molecule has 0 radical (unpaired) electrons. The van der Waals surface area contributed by atoms with Crippen molar-refractivity contribution in [3.8, 4) is 0 Å². The molecule has 0 aliphatic carbocycles. The Morgan fingerprint density at radius 3 is 2.76 bits per heavy atom. The molecule has 0 aromatic carbocycles. The van der Waals surface area contributed by atoms with Crippen LogP contribution >= 0.6 is 0 Å². The van der Waals surface area contributed by atoms with Crippen molar-refractivity contribution in [2.45, 2.75) is 24.3 Å². The minimum Gasteiger partial charge on any atom is -0.381 e. The van der Waals surface area contributed by atoms with Crippen molar-refractivity contribution in [2.75, 3.05) is 18.9 Å². The van der Waals surface area contributed by atoms with Crippen LogP contribution in [-0.4, -0.2) is 37.5 Å². The first-order chi connectivity index (χ1) is 7.92. The molecule has 1 aliphatic heterocycles. The highest BCUT2D eigenvalue weighted by atomic mass is 32.2. The van der Waals surface area contributed by atoms with E-state index in [2.05, 4.69) is 9.82 Å². The van der Waals surface area contributed by atoms with Gasteiger partial charge in [-0.1, -0.05) is 0 Å². The highest BCUT2D eigenvalue weighted by Gasteiger charge is 2.28. The molecule has 0 spiro atoms. The number of nitrogen functional groups attached to an aromatic ring is 1. The molecule has 8 heteroatoms. The number of ether oxygens (including phenoxy) is 1. The minimum atomic E-state index is -3.62. The van der Waals surface area contributed by atoms with Gasteiger partial charge >= 0.3 is 0 Å². The molecule has 1 unspecified atom stereocenters. The lowest BCUT2D eigenvalue weighted by atomic mass is 10.3. The van der Waals surface area contributed by atoms with Gasteiger partial charge in [0, 0.05) is 19.7 Å². The quantitative estimate of drug-likeness (QED) is 0.754. The van der Waals surface area contributed by atoms with Crippen molar-refractivity contribution in [1.29, 1.82) is 0 Å². The van der Waals surface area contributed by atoms with E-state index in [0.29, 0.717) is 25.3 Å². The molecule has 17 heavy (non-hydrogen) atoms. The lowest BCUT2D eigenvalue weighted by Crippen LogP contribution is -2.35. The maximum atomic E-state index is 12.1. The van der Waals surface area contributed by atoms with Gasteiger partial charge in [-0.05, 0) is 13.3 Å². The molecule has 3 N–H and O–H groups in total. The summed E-state index contributed by atoms with van der Waals surface area (Å²) < 4.78 is 33.4. The van der Waals surface area contributed by atoms with Gasteiger partial charge in [-0.3, -0.25) is 4.68 Å². The summed E-state index contributed by atoms with van der Waals surface area (Å²) in [5, 5.41) is 3.90. The van der Waals surface area contributed by atoms with E-state index in [1.54, 1.807) is 14.0 Å². The van der Waals surface area contributed by atoms with Gasteiger partial charge in [0.05, 0.1) is 12.3 Å². The molecule has 1 fully saturated rings. The Kier molecular flexibility index (Phi) is 3.11. The first-order valence-electron chi connectivity index (χ1n) is 5.31. The molecule has 1 aliphatic rings. The number of hydrogen-bond donors (Lipinski definition) is 2. The standard InChI is InChI=1S/C9H16N4O3S/c1-6-8(9(10)11-13(6)2)17(14,15)12-7-3-4-16-5-7/h7,12H,3-5H2,1-2H3,(H2,10,11). The summed E-state index contributed by atoms with van der Waals surface area (Å²) in [7, 11) is -1.97.